The predicted octanol–water partition coefficient (Wildman–Crippen LogP) is 2.91. The molecule has 0 unspecified atom stereocenters. The van der Waals surface area contributed by atoms with Crippen LogP contribution in [0, 0.1) is 0 Å². The van der Waals surface area contributed by atoms with Gasteiger partial charge in [0.25, 0.3) is 0 Å². The topological polar surface area (TPSA) is 29.5 Å². The summed E-state index contributed by atoms with van der Waals surface area (Å²) in [6.45, 7) is 8.30. The molecule has 0 atom stereocenters. The summed E-state index contributed by atoms with van der Waals surface area (Å²) in [5, 5.41) is 0. The smallest absolute Gasteiger partial charge is 0.247 e. The number of benzene rings is 1. The number of hydrogen-bond donors (Lipinski definition) is 0. The standard InChI is InChI=1S/C16H19NO2/c1-4-12-17(13-5-2)16(18)11-8-14-6-9-15(19-3)10-7-14/h4-11H,1-2,12-13H2,3H3. The van der Waals surface area contributed by atoms with Crippen molar-refractivity contribution in [3.63, 3.8) is 0 Å². The van der Waals surface area contributed by atoms with Crippen molar-refractivity contribution in [2.45, 2.75) is 0 Å². The van der Waals surface area contributed by atoms with Gasteiger partial charge in [-0.25, -0.2) is 0 Å². The number of methoxy groups -OCH3 is 1. The molecule has 0 heterocycles. The Bertz CT molecular complexity index is 450. The molecule has 100 valence electrons. The van der Waals surface area contributed by atoms with Gasteiger partial charge in [-0.1, -0.05) is 24.3 Å². The molecule has 0 N–H and O–H groups in total. The summed E-state index contributed by atoms with van der Waals surface area (Å²) in [6.07, 6.45) is 6.72. The molecular weight excluding hydrogens is 238 g/mol. The zero-order chi connectivity index (χ0) is 14.1. The van der Waals surface area contributed by atoms with Crippen LogP contribution in [0.3, 0.4) is 0 Å². The SMILES string of the molecule is C=CCN(CC=C)C(=O)C=Cc1ccc(OC)cc1. The summed E-state index contributed by atoms with van der Waals surface area (Å²) >= 11 is 0. The molecule has 3 nitrogen and oxygen atoms in total. The number of carbonyl (C=O) groups is 1. The highest BCUT2D eigenvalue weighted by Crippen LogP contribution is 2.12. The maximum atomic E-state index is 11.9. The molecule has 1 rings (SSSR count). The minimum atomic E-state index is -0.0596. The van der Waals surface area contributed by atoms with E-state index in [1.165, 1.54) is 0 Å². The Morgan fingerprint density at radius 2 is 1.79 bits per heavy atom. The molecule has 0 fully saturated rings. The summed E-state index contributed by atoms with van der Waals surface area (Å²) in [5.74, 6) is 0.735. The molecular formula is C16H19NO2. The predicted molar refractivity (Wildman–Crippen MR) is 79.0 cm³/mol. The molecule has 1 amide bonds. The molecule has 19 heavy (non-hydrogen) atoms. The molecule has 3 heteroatoms. The molecule has 0 spiro atoms. The van der Waals surface area contributed by atoms with E-state index >= 15 is 0 Å². The van der Waals surface area contributed by atoms with Gasteiger partial charge in [-0.05, 0) is 23.8 Å². The van der Waals surface area contributed by atoms with Gasteiger partial charge >= 0.3 is 0 Å². The largest absolute Gasteiger partial charge is 0.497 e. The Kier molecular flexibility index (Phi) is 6.16. The first-order chi connectivity index (χ1) is 9.21. The van der Waals surface area contributed by atoms with Gasteiger partial charge in [-0.2, -0.15) is 0 Å². The average Bonchev–Trinajstić information content (AvgIpc) is 2.45. The van der Waals surface area contributed by atoms with E-state index in [2.05, 4.69) is 13.2 Å². The third kappa shape index (κ3) is 4.84. The number of amides is 1. The number of hydrogen-bond acceptors (Lipinski definition) is 2. The van der Waals surface area contributed by atoms with Gasteiger partial charge < -0.3 is 9.64 Å². The van der Waals surface area contributed by atoms with Crippen LogP contribution in [0.25, 0.3) is 6.08 Å². The molecule has 0 bridgehead atoms. The monoisotopic (exact) mass is 257 g/mol. The molecule has 1 aromatic rings. The number of ether oxygens (including phenoxy) is 1. The van der Waals surface area contributed by atoms with Crippen molar-refractivity contribution in [1.82, 2.24) is 4.90 Å². The van der Waals surface area contributed by atoms with Crippen molar-refractivity contribution < 1.29 is 9.53 Å². The zero-order valence-electron chi connectivity index (χ0n) is 11.2. The van der Waals surface area contributed by atoms with Gasteiger partial charge in [0.15, 0.2) is 0 Å². The second-order valence-corrected chi connectivity index (χ2v) is 3.93. The Labute approximate surface area is 114 Å². The highest BCUT2D eigenvalue weighted by atomic mass is 16.5. The van der Waals surface area contributed by atoms with E-state index in [0.29, 0.717) is 13.1 Å². The molecule has 0 aliphatic rings. The lowest BCUT2D eigenvalue weighted by Gasteiger charge is -2.16. The average molecular weight is 257 g/mol. The van der Waals surface area contributed by atoms with E-state index in [1.807, 2.05) is 24.3 Å². The fourth-order valence-corrected chi connectivity index (χ4v) is 1.55. The van der Waals surface area contributed by atoms with Crippen LogP contribution in [0.5, 0.6) is 5.75 Å². The van der Waals surface area contributed by atoms with Crippen LogP contribution in [0.2, 0.25) is 0 Å². The van der Waals surface area contributed by atoms with Gasteiger partial charge in [-0.15, -0.1) is 13.2 Å². The fraction of sp³-hybridized carbons (Fsp3) is 0.188. The Balaban J connectivity index is 2.69. The van der Waals surface area contributed by atoms with Gasteiger partial charge in [0.1, 0.15) is 5.75 Å². The quantitative estimate of drug-likeness (QED) is 0.555. The van der Waals surface area contributed by atoms with Crippen LogP contribution >= 0.6 is 0 Å². The van der Waals surface area contributed by atoms with Gasteiger partial charge in [-0.3, -0.25) is 4.79 Å². The first-order valence-corrected chi connectivity index (χ1v) is 6.04. The summed E-state index contributed by atoms with van der Waals surface area (Å²) in [6, 6.07) is 7.51. The first-order valence-electron chi connectivity index (χ1n) is 6.04. The van der Waals surface area contributed by atoms with Gasteiger partial charge in [0.05, 0.1) is 7.11 Å². The van der Waals surface area contributed by atoms with Crippen molar-refractivity contribution in [2.24, 2.45) is 0 Å². The molecule has 1 aromatic carbocycles. The van der Waals surface area contributed by atoms with Crippen LogP contribution in [0.4, 0.5) is 0 Å². The molecule has 0 aromatic heterocycles. The lowest BCUT2D eigenvalue weighted by molar-refractivity contribution is -0.124. The van der Waals surface area contributed by atoms with Crippen molar-refractivity contribution in [3.8, 4) is 5.75 Å². The van der Waals surface area contributed by atoms with E-state index in [-0.39, 0.29) is 5.91 Å². The second-order valence-electron chi connectivity index (χ2n) is 3.93. The Morgan fingerprint density at radius 3 is 2.26 bits per heavy atom. The van der Waals surface area contributed by atoms with Crippen LogP contribution in [-0.2, 0) is 4.79 Å². The molecule has 0 saturated heterocycles. The zero-order valence-corrected chi connectivity index (χ0v) is 11.2. The maximum absolute atomic E-state index is 11.9. The third-order valence-electron chi connectivity index (χ3n) is 2.54. The highest BCUT2D eigenvalue weighted by Gasteiger charge is 2.05. The Morgan fingerprint density at radius 1 is 1.21 bits per heavy atom. The normalized spacial score (nSPS) is 10.2. The molecule has 0 aliphatic heterocycles. The first kappa shape index (κ1) is 14.8. The van der Waals surface area contributed by atoms with Crippen LogP contribution < -0.4 is 4.74 Å². The van der Waals surface area contributed by atoms with Crippen molar-refractivity contribution in [2.75, 3.05) is 20.2 Å². The highest BCUT2D eigenvalue weighted by molar-refractivity contribution is 5.92. The third-order valence-corrected chi connectivity index (χ3v) is 2.54. The van der Waals surface area contributed by atoms with E-state index in [1.54, 1.807) is 36.3 Å². The summed E-state index contributed by atoms with van der Waals surface area (Å²) in [7, 11) is 1.62. The summed E-state index contributed by atoms with van der Waals surface area (Å²) in [4.78, 5) is 13.6. The summed E-state index contributed by atoms with van der Waals surface area (Å²) in [5.41, 5.74) is 0.950. The van der Waals surface area contributed by atoms with Crippen LogP contribution in [-0.4, -0.2) is 31.0 Å². The second kappa shape index (κ2) is 7.93. The molecule has 0 aliphatic carbocycles. The number of carbonyl (C=O) groups excluding carboxylic acids is 1. The van der Waals surface area contributed by atoms with Gasteiger partial charge in [0.2, 0.25) is 5.91 Å². The maximum Gasteiger partial charge on any atom is 0.247 e. The van der Waals surface area contributed by atoms with E-state index in [4.69, 9.17) is 4.74 Å². The lowest BCUT2D eigenvalue weighted by atomic mass is 10.2. The molecule has 0 saturated carbocycles. The van der Waals surface area contributed by atoms with E-state index in [0.717, 1.165) is 11.3 Å². The molecule has 0 radical (unpaired) electrons. The Hall–Kier alpha value is -2.29. The number of nitrogens with zero attached hydrogens (tertiary/aromatic N) is 1. The van der Waals surface area contributed by atoms with E-state index < -0.39 is 0 Å². The fourth-order valence-electron chi connectivity index (χ4n) is 1.55. The van der Waals surface area contributed by atoms with Crippen molar-refractivity contribution >= 4 is 12.0 Å². The van der Waals surface area contributed by atoms with Crippen molar-refractivity contribution in [3.05, 3.63) is 61.2 Å². The van der Waals surface area contributed by atoms with Crippen molar-refractivity contribution in [1.29, 1.82) is 0 Å². The summed E-state index contributed by atoms with van der Waals surface area (Å²) < 4.78 is 5.08. The number of rotatable bonds is 7. The lowest BCUT2D eigenvalue weighted by Crippen LogP contribution is -2.29. The van der Waals surface area contributed by atoms with Crippen LogP contribution in [0.1, 0.15) is 5.56 Å². The van der Waals surface area contributed by atoms with Crippen LogP contribution in [0.15, 0.2) is 55.7 Å². The van der Waals surface area contributed by atoms with E-state index in [9.17, 15) is 4.79 Å². The minimum absolute atomic E-state index is 0.0596. The minimum Gasteiger partial charge on any atom is -0.497 e. The van der Waals surface area contributed by atoms with Gasteiger partial charge in [0, 0.05) is 19.2 Å².